The zero-order chi connectivity index (χ0) is 13.5. The topological polar surface area (TPSA) is 35.5 Å². The smallest absolute Gasteiger partial charge is 0.338 e. The van der Waals surface area contributed by atoms with Crippen LogP contribution in [0, 0.1) is 0 Å². The minimum absolute atomic E-state index is 0.0980. The summed E-state index contributed by atoms with van der Waals surface area (Å²) in [6.07, 6.45) is 1.01. The van der Waals surface area contributed by atoms with Gasteiger partial charge in [0.25, 0.3) is 0 Å². The van der Waals surface area contributed by atoms with Gasteiger partial charge in [-0.1, -0.05) is 25.6 Å². The van der Waals surface area contributed by atoms with Crippen LogP contribution >= 0.6 is 0 Å². The van der Waals surface area contributed by atoms with Crippen molar-refractivity contribution in [1.82, 2.24) is 0 Å². The zero-order valence-corrected chi connectivity index (χ0v) is 11.2. The monoisotopic (exact) mass is 248 g/mol. The van der Waals surface area contributed by atoms with Crippen LogP contribution in [-0.4, -0.2) is 12.6 Å². The van der Waals surface area contributed by atoms with E-state index in [4.69, 9.17) is 9.47 Å². The molecule has 0 amide bonds. The van der Waals surface area contributed by atoms with Crippen LogP contribution in [0.4, 0.5) is 0 Å². The number of ether oxygens (including phenoxy) is 2. The second-order valence-electron chi connectivity index (χ2n) is 4.09. The molecule has 0 bridgehead atoms. The first-order chi connectivity index (χ1) is 8.58. The van der Waals surface area contributed by atoms with Crippen molar-refractivity contribution in [3.63, 3.8) is 0 Å². The van der Waals surface area contributed by atoms with E-state index in [1.54, 1.807) is 19.1 Å². The lowest BCUT2D eigenvalue weighted by Crippen LogP contribution is -2.08. The van der Waals surface area contributed by atoms with Crippen LogP contribution in [0.5, 0.6) is 5.75 Å². The Labute approximate surface area is 108 Å². The van der Waals surface area contributed by atoms with Gasteiger partial charge in [-0.25, -0.2) is 4.79 Å². The Morgan fingerprint density at radius 3 is 2.33 bits per heavy atom. The average Bonchev–Trinajstić information content (AvgIpc) is 2.37. The molecule has 0 radical (unpaired) electrons. The maximum atomic E-state index is 11.3. The lowest BCUT2D eigenvalue weighted by molar-refractivity contribution is -0.130. The normalized spacial score (nSPS) is 11.9. The number of benzene rings is 1. The van der Waals surface area contributed by atoms with Gasteiger partial charge in [-0.05, 0) is 38.0 Å². The second-order valence-corrected chi connectivity index (χ2v) is 4.09. The number of carbonyl (C=O) groups is 1. The molecule has 0 fully saturated rings. The molecule has 1 aromatic carbocycles. The standard InChI is InChI=1S/C15H20O3/c1-5-14(17-6-2)12-7-9-13(10-8-12)18-15(16)11(3)4/h7-10,14H,3,5-6H2,1-2,4H3. The molecule has 0 aliphatic heterocycles. The van der Waals surface area contributed by atoms with Crippen molar-refractivity contribution in [2.24, 2.45) is 0 Å². The van der Waals surface area contributed by atoms with Crippen LogP contribution < -0.4 is 4.74 Å². The number of hydrogen-bond acceptors (Lipinski definition) is 3. The number of hydrogen-bond donors (Lipinski definition) is 0. The van der Waals surface area contributed by atoms with Gasteiger partial charge in [0.05, 0.1) is 6.10 Å². The molecule has 0 aliphatic rings. The lowest BCUT2D eigenvalue weighted by atomic mass is 10.1. The molecule has 0 aliphatic carbocycles. The Balaban J connectivity index is 2.73. The molecule has 0 aromatic heterocycles. The number of rotatable bonds is 6. The first-order valence-corrected chi connectivity index (χ1v) is 6.17. The SMILES string of the molecule is C=C(C)C(=O)Oc1ccc(C(CC)OCC)cc1. The quantitative estimate of drug-likeness (QED) is 0.438. The highest BCUT2D eigenvalue weighted by Crippen LogP contribution is 2.23. The van der Waals surface area contributed by atoms with E-state index in [-0.39, 0.29) is 6.10 Å². The number of carbonyl (C=O) groups excluding carboxylic acids is 1. The fraction of sp³-hybridized carbons (Fsp3) is 0.400. The molecule has 0 spiro atoms. The van der Waals surface area contributed by atoms with Crippen molar-refractivity contribution in [3.05, 3.63) is 42.0 Å². The highest BCUT2D eigenvalue weighted by atomic mass is 16.5. The molecule has 3 nitrogen and oxygen atoms in total. The van der Waals surface area contributed by atoms with Crippen LogP contribution in [-0.2, 0) is 9.53 Å². The molecular formula is C15H20O3. The molecule has 1 rings (SSSR count). The van der Waals surface area contributed by atoms with Crippen molar-refractivity contribution in [3.8, 4) is 5.75 Å². The lowest BCUT2D eigenvalue weighted by Gasteiger charge is -2.15. The minimum Gasteiger partial charge on any atom is -0.423 e. The zero-order valence-electron chi connectivity index (χ0n) is 11.2. The molecule has 0 N–H and O–H groups in total. The first-order valence-electron chi connectivity index (χ1n) is 6.17. The van der Waals surface area contributed by atoms with Gasteiger partial charge < -0.3 is 9.47 Å². The summed E-state index contributed by atoms with van der Waals surface area (Å²) in [6, 6.07) is 7.39. The minimum atomic E-state index is -0.403. The predicted octanol–water partition coefficient (Wildman–Crippen LogP) is 3.66. The van der Waals surface area contributed by atoms with Crippen molar-refractivity contribution in [1.29, 1.82) is 0 Å². The third kappa shape index (κ3) is 4.00. The molecule has 0 heterocycles. The Bertz CT molecular complexity index is 406. The summed E-state index contributed by atoms with van der Waals surface area (Å²) in [5, 5.41) is 0. The van der Waals surface area contributed by atoms with E-state index in [9.17, 15) is 4.79 Å². The van der Waals surface area contributed by atoms with E-state index < -0.39 is 5.97 Å². The van der Waals surface area contributed by atoms with E-state index >= 15 is 0 Å². The van der Waals surface area contributed by atoms with Crippen molar-refractivity contribution < 1.29 is 14.3 Å². The molecule has 0 saturated carbocycles. The van der Waals surface area contributed by atoms with Gasteiger partial charge >= 0.3 is 5.97 Å². The van der Waals surface area contributed by atoms with Crippen LogP contribution in [0.2, 0.25) is 0 Å². The molecule has 0 saturated heterocycles. The van der Waals surface area contributed by atoms with E-state index in [1.165, 1.54) is 0 Å². The van der Waals surface area contributed by atoms with Gasteiger partial charge in [0.15, 0.2) is 0 Å². The molecule has 18 heavy (non-hydrogen) atoms. The fourth-order valence-corrected chi connectivity index (χ4v) is 1.60. The molecule has 1 unspecified atom stereocenters. The third-order valence-electron chi connectivity index (χ3n) is 2.55. The first kappa shape index (κ1) is 14.5. The van der Waals surface area contributed by atoms with Gasteiger partial charge in [-0.2, -0.15) is 0 Å². The molecule has 1 atom stereocenters. The largest absolute Gasteiger partial charge is 0.423 e. The second kappa shape index (κ2) is 6.97. The highest BCUT2D eigenvalue weighted by molar-refractivity contribution is 5.88. The fourth-order valence-electron chi connectivity index (χ4n) is 1.60. The summed E-state index contributed by atoms with van der Waals surface area (Å²) in [5.41, 5.74) is 1.48. The van der Waals surface area contributed by atoms with E-state index in [0.29, 0.717) is 17.9 Å². The van der Waals surface area contributed by atoms with Gasteiger partial charge in [-0.15, -0.1) is 0 Å². The summed E-state index contributed by atoms with van der Waals surface area (Å²) >= 11 is 0. The van der Waals surface area contributed by atoms with Crippen molar-refractivity contribution >= 4 is 5.97 Å². The van der Waals surface area contributed by atoms with Gasteiger partial charge in [0, 0.05) is 12.2 Å². The predicted molar refractivity (Wildman–Crippen MR) is 71.5 cm³/mol. The Hall–Kier alpha value is -1.61. The van der Waals surface area contributed by atoms with Gasteiger partial charge in [0.2, 0.25) is 0 Å². The van der Waals surface area contributed by atoms with Crippen LogP contribution in [0.3, 0.4) is 0 Å². The summed E-state index contributed by atoms with van der Waals surface area (Å²) in [7, 11) is 0. The van der Waals surface area contributed by atoms with Crippen molar-refractivity contribution in [2.45, 2.75) is 33.3 Å². The van der Waals surface area contributed by atoms with E-state index in [1.807, 2.05) is 19.1 Å². The average molecular weight is 248 g/mol. The Morgan fingerprint density at radius 2 is 1.89 bits per heavy atom. The summed E-state index contributed by atoms with van der Waals surface area (Å²) in [6.45, 7) is 9.91. The van der Waals surface area contributed by atoms with Crippen LogP contribution in [0.1, 0.15) is 38.9 Å². The maximum Gasteiger partial charge on any atom is 0.338 e. The van der Waals surface area contributed by atoms with Crippen LogP contribution in [0.15, 0.2) is 36.4 Å². The van der Waals surface area contributed by atoms with Crippen molar-refractivity contribution in [2.75, 3.05) is 6.61 Å². The Kier molecular flexibility index (Phi) is 5.59. The molecule has 98 valence electrons. The Morgan fingerprint density at radius 1 is 1.28 bits per heavy atom. The number of esters is 1. The molecular weight excluding hydrogens is 228 g/mol. The summed E-state index contributed by atoms with van der Waals surface area (Å²) < 4.78 is 10.7. The highest BCUT2D eigenvalue weighted by Gasteiger charge is 2.10. The summed E-state index contributed by atoms with van der Waals surface area (Å²) in [5.74, 6) is 0.123. The van der Waals surface area contributed by atoms with Gasteiger partial charge in [0.1, 0.15) is 5.75 Å². The van der Waals surface area contributed by atoms with Crippen LogP contribution in [0.25, 0.3) is 0 Å². The molecule has 3 heteroatoms. The van der Waals surface area contributed by atoms with Gasteiger partial charge in [-0.3, -0.25) is 0 Å². The van der Waals surface area contributed by atoms with E-state index in [2.05, 4.69) is 13.5 Å². The summed E-state index contributed by atoms with van der Waals surface area (Å²) in [4.78, 5) is 11.3. The molecule has 1 aromatic rings. The maximum absolute atomic E-state index is 11.3. The van der Waals surface area contributed by atoms with E-state index in [0.717, 1.165) is 12.0 Å². The third-order valence-corrected chi connectivity index (χ3v) is 2.55.